The minimum atomic E-state index is -0.856. The van der Waals surface area contributed by atoms with Crippen LogP contribution in [0.25, 0.3) is 0 Å². The van der Waals surface area contributed by atoms with Crippen LogP contribution in [0.5, 0.6) is 0 Å². The summed E-state index contributed by atoms with van der Waals surface area (Å²) in [7, 11) is 4.17. The molecule has 2 N–H and O–H groups in total. The first kappa shape index (κ1) is 15.1. The topological polar surface area (TPSA) is 52.6 Å². The number of nitrogens with zero attached hydrogens (tertiary/aromatic N) is 1. The molecule has 1 atom stereocenters. The van der Waals surface area contributed by atoms with Crippen molar-refractivity contribution in [2.24, 2.45) is 5.92 Å². The second-order valence-corrected chi connectivity index (χ2v) is 6.01. The highest BCUT2D eigenvalue weighted by Gasteiger charge is 2.15. The zero-order valence-electron chi connectivity index (χ0n) is 11.4. The third-order valence-corrected chi connectivity index (χ3v) is 3.92. The number of rotatable bonds is 7. The average Bonchev–Trinajstić information content (AvgIpc) is 2.71. The molecule has 0 spiro atoms. The molecule has 1 aromatic heterocycles. The van der Waals surface area contributed by atoms with Crippen LogP contribution in [0.4, 0.5) is 0 Å². The van der Waals surface area contributed by atoms with Crippen molar-refractivity contribution in [2.45, 2.75) is 26.4 Å². The monoisotopic (exact) mass is 270 g/mol. The van der Waals surface area contributed by atoms with Crippen LogP contribution >= 0.6 is 11.3 Å². The van der Waals surface area contributed by atoms with Crippen molar-refractivity contribution < 1.29 is 9.90 Å². The molecule has 0 aliphatic rings. The minimum absolute atomic E-state index is 0.379. The van der Waals surface area contributed by atoms with Gasteiger partial charge in [0.1, 0.15) is 0 Å². The summed E-state index contributed by atoms with van der Waals surface area (Å²) in [5.41, 5.74) is 0.379. The Bertz CT molecular complexity index is 380. The number of likely N-dealkylation sites (N-methyl/N-ethyl adjacent to an activating group) is 1. The molecule has 1 unspecified atom stereocenters. The lowest BCUT2D eigenvalue weighted by molar-refractivity contribution is 0.0697. The molecule has 0 aromatic carbocycles. The Morgan fingerprint density at radius 1 is 1.50 bits per heavy atom. The molecule has 102 valence electrons. The van der Waals surface area contributed by atoms with Crippen LogP contribution in [0.1, 0.15) is 29.1 Å². The summed E-state index contributed by atoms with van der Waals surface area (Å²) in [4.78, 5) is 14.0. The Hall–Kier alpha value is -0.910. The molecule has 0 aliphatic heterocycles. The molecule has 0 saturated carbocycles. The molecule has 0 fully saturated rings. The summed E-state index contributed by atoms with van der Waals surface area (Å²) in [6.07, 6.45) is 0. The van der Waals surface area contributed by atoms with E-state index in [1.807, 2.05) is 0 Å². The highest BCUT2D eigenvalue weighted by Crippen LogP contribution is 2.14. The van der Waals surface area contributed by atoms with Gasteiger partial charge in [-0.25, -0.2) is 4.79 Å². The maximum Gasteiger partial charge on any atom is 0.336 e. The second kappa shape index (κ2) is 6.87. The van der Waals surface area contributed by atoms with E-state index in [0.717, 1.165) is 18.0 Å². The third-order valence-electron chi connectivity index (χ3n) is 2.99. The molecule has 5 heteroatoms. The maximum absolute atomic E-state index is 10.8. The van der Waals surface area contributed by atoms with Crippen LogP contribution in [-0.4, -0.2) is 42.7 Å². The summed E-state index contributed by atoms with van der Waals surface area (Å²) in [5.74, 6) is -0.267. The molecule has 18 heavy (non-hydrogen) atoms. The van der Waals surface area contributed by atoms with E-state index < -0.39 is 5.97 Å². The zero-order valence-corrected chi connectivity index (χ0v) is 12.3. The van der Waals surface area contributed by atoms with Crippen LogP contribution in [0, 0.1) is 5.92 Å². The van der Waals surface area contributed by atoms with Gasteiger partial charge in [-0.3, -0.25) is 0 Å². The zero-order chi connectivity index (χ0) is 13.7. The van der Waals surface area contributed by atoms with Gasteiger partial charge in [-0.15, -0.1) is 11.3 Å². The summed E-state index contributed by atoms with van der Waals surface area (Å²) in [5, 5.41) is 13.9. The summed E-state index contributed by atoms with van der Waals surface area (Å²) in [6, 6.07) is 2.23. The molecular formula is C13H22N2O2S. The Morgan fingerprint density at radius 3 is 2.61 bits per heavy atom. The number of aromatic carboxylic acids is 1. The van der Waals surface area contributed by atoms with Crippen molar-refractivity contribution in [1.29, 1.82) is 0 Å². The molecule has 0 amide bonds. The predicted octanol–water partition coefficient (Wildman–Crippen LogP) is 2.12. The van der Waals surface area contributed by atoms with Crippen LogP contribution in [0.15, 0.2) is 11.4 Å². The first-order valence-electron chi connectivity index (χ1n) is 6.09. The molecule has 1 aromatic rings. The highest BCUT2D eigenvalue weighted by molar-refractivity contribution is 7.10. The fourth-order valence-corrected chi connectivity index (χ4v) is 2.77. The molecule has 0 bridgehead atoms. The van der Waals surface area contributed by atoms with E-state index >= 15 is 0 Å². The van der Waals surface area contributed by atoms with Crippen molar-refractivity contribution in [2.75, 3.05) is 20.6 Å². The first-order valence-corrected chi connectivity index (χ1v) is 6.97. The Kier molecular flexibility index (Phi) is 5.78. The van der Waals surface area contributed by atoms with Crippen molar-refractivity contribution >= 4 is 17.3 Å². The summed E-state index contributed by atoms with van der Waals surface area (Å²) < 4.78 is 0. The molecule has 0 aliphatic carbocycles. The number of carboxylic acids is 1. The van der Waals surface area contributed by atoms with Crippen LogP contribution in [0.2, 0.25) is 0 Å². The molecule has 1 heterocycles. The number of carbonyl (C=O) groups is 1. The third kappa shape index (κ3) is 4.40. The number of hydrogen-bond donors (Lipinski definition) is 2. The van der Waals surface area contributed by atoms with Crippen molar-refractivity contribution in [3.8, 4) is 0 Å². The smallest absolute Gasteiger partial charge is 0.336 e. The Morgan fingerprint density at radius 2 is 2.17 bits per heavy atom. The van der Waals surface area contributed by atoms with E-state index in [1.165, 1.54) is 11.3 Å². The second-order valence-electron chi connectivity index (χ2n) is 5.01. The summed E-state index contributed by atoms with van der Waals surface area (Å²) in [6.45, 7) is 6.06. The van der Waals surface area contributed by atoms with Crippen LogP contribution in [-0.2, 0) is 6.54 Å². The number of hydrogen-bond acceptors (Lipinski definition) is 4. The van der Waals surface area contributed by atoms with Crippen LogP contribution < -0.4 is 5.32 Å². The van der Waals surface area contributed by atoms with Gasteiger partial charge in [-0.2, -0.15) is 0 Å². The van der Waals surface area contributed by atoms with E-state index in [4.69, 9.17) is 5.11 Å². The van der Waals surface area contributed by atoms with Gasteiger partial charge in [0.15, 0.2) is 0 Å². The lowest BCUT2D eigenvalue weighted by atomic mass is 10.0. The van der Waals surface area contributed by atoms with Gasteiger partial charge in [0.2, 0.25) is 0 Å². The molecule has 0 radical (unpaired) electrons. The van der Waals surface area contributed by atoms with E-state index in [-0.39, 0.29) is 0 Å². The quantitative estimate of drug-likeness (QED) is 0.797. The molecule has 4 nitrogen and oxygen atoms in total. The first-order chi connectivity index (χ1) is 8.41. The van der Waals surface area contributed by atoms with E-state index in [1.54, 1.807) is 11.4 Å². The highest BCUT2D eigenvalue weighted by atomic mass is 32.1. The minimum Gasteiger partial charge on any atom is -0.478 e. The van der Waals surface area contributed by atoms with Crippen LogP contribution in [0.3, 0.4) is 0 Å². The van der Waals surface area contributed by atoms with Crippen molar-refractivity contribution in [1.82, 2.24) is 10.2 Å². The van der Waals surface area contributed by atoms with Gasteiger partial charge in [0.25, 0.3) is 0 Å². The number of thiophene rings is 1. The van der Waals surface area contributed by atoms with Gasteiger partial charge in [-0.1, -0.05) is 13.8 Å². The Balaban J connectivity index is 2.42. The SMILES string of the molecule is CC(C)C(CNCc1cc(C(=O)O)cs1)N(C)C. The molecule has 0 saturated heterocycles. The van der Waals surface area contributed by atoms with E-state index in [9.17, 15) is 4.79 Å². The van der Waals surface area contributed by atoms with Gasteiger partial charge in [0, 0.05) is 29.4 Å². The number of carboxylic acid groups (broad SMARTS) is 1. The van der Waals surface area contributed by atoms with Crippen molar-refractivity contribution in [3.63, 3.8) is 0 Å². The van der Waals surface area contributed by atoms with Crippen molar-refractivity contribution in [3.05, 3.63) is 21.9 Å². The van der Waals surface area contributed by atoms with E-state index in [0.29, 0.717) is 17.5 Å². The van der Waals surface area contributed by atoms with E-state index in [2.05, 4.69) is 38.2 Å². The lowest BCUT2D eigenvalue weighted by Crippen LogP contribution is -2.41. The lowest BCUT2D eigenvalue weighted by Gasteiger charge is -2.28. The largest absolute Gasteiger partial charge is 0.478 e. The maximum atomic E-state index is 10.8. The predicted molar refractivity (Wildman–Crippen MR) is 75.3 cm³/mol. The van der Waals surface area contributed by atoms with Gasteiger partial charge in [0.05, 0.1) is 5.56 Å². The summed E-state index contributed by atoms with van der Waals surface area (Å²) >= 11 is 1.49. The molecular weight excluding hydrogens is 248 g/mol. The van der Waals surface area contributed by atoms with Gasteiger partial charge in [-0.05, 0) is 26.1 Å². The normalized spacial score (nSPS) is 13.2. The fraction of sp³-hybridized carbons (Fsp3) is 0.615. The Labute approximate surface area is 113 Å². The number of nitrogens with one attached hydrogen (secondary N) is 1. The standard InChI is InChI=1S/C13H22N2O2S/c1-9(2)12(15(3)4)7-14-6-11-5-10(8-18-11)13(16)17/h5,8-9,12,14H,6-7H2,1-4H3,(H,16,17). The van der Waals surface area contributed by atoms with Gasteiger partial charge >= 0.3 is 5.97 Å². The fourth-order valence-electron chi connectivity index (χ4n) is 1.94. The molecule has 1 rings (SSSR count). The van der Waals surface area contributed by atoms with Gasteiger partial charge < -0.3 is 15.3 Å². The average molecular weight is 270 g/mol.